The SMILES string of the molecule is c1ccc(-c2ccc(N(c3cccc(-n4c5ccccc5c5ccccc54)c3)c3ccc4c(ccc5cc6c(cc54)sc4ccccc46)c3)cc2)cc1. The van der Waals surface area contributed by atoms with Crippen molar-refractivity contribution in [2.45, 2.75) is 0 Å². The van der Waals surface area contributed by atoms with Gasteiger partial charge in [0.05, 0.1) is 11.0 Å². The zero-order valence-corrected chi connectivity index (χ0v) is 29.6. The molecule has 11 rings (SSSR count). The third-order valence-corrected chi connectivity index (χ3v) is 11.9. The van der Waals surface area contributed by atoms with Crippen LogP contribution in [-0.4, -0.2) is 4.57 Å². The molecule has 0 saturated carbocycles. The fraction of sp³-hybridized carbons (Fsp3) is 0. The summed E-state index contributed by atoms with van der Waals surface area (Å²) in [6.07, 6.45) is 0. The number of fused-ring (bicyclic) bond motifs is 9. The Bertz CT molecular complexity index is 3120. The summed E-state index contributed by atoms with van der Waals surface area (Å²) in [4.78, 5) is 2.39. The van der Waals surface area contributed by atoms with Crippen LogP contribution in [0, 0.1) is 0 Å². The zero-order chi connectivity index (χ0) is 34.9. The molecule has 0 atom stereocenters. The van der Waals surface area contributed by atoms with Gasteiger partial charge in [-0.3, -0.25) is 0 Å². The van der Waals surface area contributed by atoms with Crippen molar-refractivity contribution < 1.29 is 0 Å². The van der Waals surface area contributed by atoms with Gasteiger partial charge in [-0.05, 0) is 105 Å². The standard InChI is InChI=1S/C50H32N2S/c1-2-11-33(12-3-1)34-23-25-37(26-24-34)51(38-13-10-14-39(31-38)52-47-18-7-4-15-42(47)43-16-5-8-19-48(43)52)40-27-28-41-35(29-40)21-22-36-30-46-44-17-6-9-20-49(44)53-50(46)32-45(36)41/h1-32H. The molecule has 0 aliphatic heterocycles. The van der Waals surface area contributed by atoms with Gasteiger partial charge in [-0.2, -0.15) is 0 Å². The third kappa shape index (κ3) is 4.86. The number of nitrogens with zero attached hydrogens (tertiary/aromatic N) is 2. The lowest BCUT2D eigenvalue weighted by Gasteiger charge is -2.27. The number of aromatic nitrogens is 1. The summed E-state index contributed by atoms with van der Waals surface area (Å²) in [5, 5.41) is 10.2. The maximum absolute atomic E-state index is 2.40. The van der Waals surface area contributed by atoms with Crippen LogP contribution in [0.25, 0.3) is 80.3 Å². The minimum atomic E-state index is 1.10. The van der Waals surface area contributed by atoms with E-state index in [1.54, 1.807) is 0 Å². The Morgan fingerprint density at radius 1 is 0.340 bits per heavy atom. The van der Waals surface area contributed by atoms with Gasteiger partial charge in [0, 0.05) is 53.7 Å². The lowest BCUT2D eigenvalue weighted by Crippen LogP contribution is -2.10. The average molecular weight is 693 g/mol. The van der Waals surface area contributed by atoms with Crippen LogP contribution in [0.3, 0.4) is 0 Å². The predicted molar refractivity (Wildman–Crippen MR) is 229 cm³/mol. The summed E-state index contributed by atoms with van der Waals surface area (Å²) in [7, 11) is 0. The van der Waals surface area contributed by atoms with E-state index in [0.717, 1.165) is 22.7 Å². The monoisotopic (exact) mass is 692 g/mol. The van der Waals surface area contributed by atoms with Crippen molar-refractivity contribution in [3.63, 3.8) is 0 Å². The van der Waals surface area contributed by atoms with E-state index in [1.807, 2.05) is 11.3 Å². The first-order valence-corrected chi connectivity index (χ1v) is 18.9. The van der Waals surface area contributed by atoms with E-state index in [4.69, 9.17) is 0 Å². The zero-order valence-electron chi connectivity index (χ0n) is 28.8. The molecule has 0 spiro atoms. The Hall–Kier alpha value is -6.68. The Kier molecular flexibility index (Phi) is 6.76. The van der Waals surface area contributed by atoms with Gasteiger partial charge < -0.3 is 9.47 Å². The number of benzene rings is 9. The van der Waals surface area contributed by atoms with E-state index in [9.17, 15) is 0 Å². The van der Waals surface area contributed by atoms with Crippen molar-refractivity contribution >= 4 is 91.9 Å². The molecule has 0 aliphatic rings. The van der Waals surface area contributed by atoms with Crippen LogP contribution >= 0.6 is 11.3 Å². The summed E-state index contributed by atoms with van der Waals surface area (Å²) in [6, 6.07) is 71.0. The highest BCUT2D eigenvalue weighted by molar-refractivity contribution is 7.25. The van der Waals surface area contributed by atoms with E-state index < -0.39 is 0 Å². The molecular weight excluding hydrogens is 661 g/mol. The number of anilines is 3. The fourth-order valence-electron chi connectivity index (χ4n) is 8.26. The number of hydrogen-bond acceptors (Lipinski definition) is 2. The van der Waals surface area contributed by atoms with E-state index in [0.29, 0.717) is 0 Å². The van der Waals surface area contributed by atoms with Gasteiger partial charge >= 0.3 is 0 Å². The molecule has 0 radical (unpaired) electrons. The molecule has 248 valence electrons. The molecule has 0 saturated heterocycles. The van der Waals surface area contributed by atoms with Crippen LogP contribution in [0.1, 0.15) is 0 Å². The van der Waals surface area contributed by atoms with Crippen LogP contribution in [0.4, 0.5) is 17.1 Å². The quantitative estimate of drug-likeness (QED) is 0.163. The molecule has 0 amide bonds. The van der Waals surface area contributed by atoms with Crippen molar-refractivity contribution in [2.24, 2.45) is 0 Å². The molecule has 0 aliphatic carbocycles. The molecular formula is C50H32N2S. The van der Waals surface area contributed by atoms with E-state index >= 15 is 0 Å². The number of para-hydroxylation sites is 2. The van der Waals surface area contributed by atoms with Gasteiger partial charge in [0.2, 0.25) is 0 Å². The Morgan fingerprint density at radius 2 is 0.962 bits per heavy atom. The summed E-state index contributed by atoms with van der Waals surface area (Å²) in [5.41, 5.74) is 9.27. The molecule has 0 bridgehead atoms. The normalized spacial score (nSPS) is 11.8. The minimum Gasteiger partial charge on any atom is -0.310 e. The molecule has 9 aromatic carbocycles. The lowest BCUT2D eigenvalue weighted by atomic mass is 9.99. The molecule has 2 heterocycles. The topological polar surface area (TPSA) is 8.17 Å². The average Bonchev–Trinajstić information content (AvgIpc) is 3.76. The number of hydrogen-bond donors (Lipinski definition) is 0. The maximum atomic E-state index is 2.40. The second-order valence-electron chi connectivity index (χ2n) is 13.8. The van der Waals surface area contributed by atoms with Crippen LogP contribution in [0.2, 0.25) is 0 Å². The van der Waals surface area contributed by atoms with Crippen molar-refractivity contribution in [3.8, 4) is 16.8 Å². The van der Waals surface area contributed by atoms with Gasteiger partial charge in [0.15, 0.2) is 0 Å². The number of rotatable bonds is 5. The fourth-order valence-corrected chi connectivity index (χ4v) is 9.39. The minimum absolute atomic E-state index is 1.10. The molecule has 3 heteroatoms. The molecule has 0 fully saturated rings. The van der Waals surface area contributed by atoms with Crippen LogP contribution in [0.5, 0.6) is 0 Å². The highest BCUT2D eigenvalue weighted by Crippen LogP contribution is 2.42. The van der Waals surface area contributed by atoms with Gasteiger partial charge in [-0.1, -0.05) is 121 Å². The maximum Gasteiger partial charge on any atom is 0.0541 e. The molecule has 0 unspecified atom stereocenters. The highest BCUT2D eigenvalue weighted by atomic mass is 32.1. The van der Waals surface area contributed by atoms with Crippen molar-refractivity contribution in [1.82, 2.24) is 4.57 Å². The molecule has 11 aromatic rings. The van der Waals surface area contributed by atoms with E-state index in [-0.39, 0.29) is 0 Å². The lowest BCUT2D eigenvalue weighted by molar-refractivity contribution is 1.17. The predicted octanol–water partition coefficient (Wildman–Crippen LogP) is 14.6. The van der Waals surface area contributed by atoms with Crippen LogP contribution < -0.4 is 4.90 Å². The van der Waals surface area contributed by atoms with E-state index in [2.05, 4.69) is 204 Å². The summed E-state index contributed by atoms with van der Waals surface area (Å²) in [5.74, 6) is 0. The Labute approximate surface area is 311 Å². The second-order valence-corrected chi connectivity index (χ2v) is 14.9. The first-order valence-electron chi connectivity index (χ1n) is 18.1. The van der Waals surface area contributed by atoms with E-state index in [1.165, 1.54) is 74.6 Å². The van der Waals surface area contributed by atoms with Gasteiger partial charge in [0.25, 0.3) is 0 Å². The largest absolute Gasteiger partial charge is 0.310 e. The summed E-state index contributed by atoms with van der Waals surface area (Å²) >= 11 is 1.88. The van der Waals surface area contributed by atoms with Crippen molar-refractivity contribution in [2.75, 3.05) is 4.90 Å². The number of thiophene rings is 1. The second kappa shape index (κ2) is 11.9. The van der Waals surface area contributed by atoms with Gasteiger partial charge in [0.1, 0.15) is 0 Å². The van der Waals surface area contributed by atoms with Crippen molar-refractivity contribution in [3.05, 3.63) is 194 Å². The first-order chi connectivity index (χ1) is 26.3. The van der Waals surface area contributed by atoms with Gasteiger partial charge in [-0.15, -0.1) is 11.3 Å². The molecule has 0 N–H and O–H groups in total. The van der Waals surface area contributed by atoms with Gasteiger partial charge in [-0.25, -0.2) is 0 Å². The van der Waals surface area contributed by atoms with Crippen LogP contribution in [-0.2, 0) is 0 Å². The van der Waals surface area contributed by atoms with Crippen LogP contribution in [0.15, 0.2) is 194 Å². The molecule has 2 aromatic heterocycles. The summed E-state index contributed by atoms with van der Waals surface area (Å²) in [6.45, 7) is 0. The first kappa shape index (κ1) is 30.0. The third-order valence-electron chi connectivity index (χ3n) is 10.7. The Morgan fingerprint density at radius 3 is 1.74 bits per heavy atom. The summed E-state index contributed by atoms with van der Waals surface area (Å²) < 4.78 is 5.06. The molecule has 53 heavy (non-hydrogen) atoms. The molecule has 2 nitrogen and oxygen atoms in total. The smallest absolute Gasteiger partial charge is 0.0541 e. The highest BCUT2D eigenvalue weighted by Gasteiger charge is 2.18. The van der Waals surface area contributed by atoms with Crippen molar-refractivity contribution in [1.29, 1.82) is 0 Å². The Balaban J connectivity index is 1.09.